The highest BCUT2D eigenvalue weighted by molar-refractivity contribution is 8.00. The van der Waals surface area contributed by atoms with E-state index in [1.165, 1.54) is 6.92 Å². The Kier molecular flexibility index (Phi) is 11.7. The number of hydrogen-bond donors (Lipinski definition) is 9. The summed E-state index contributed by atoms with van der Waals surface area (Å²) in [5.74, 6) is 0.978. The number of ether oxygens (including phenoxy) is 2. The van der Waals surface area contributed by atoms with Crippen LogP contribution in [0.25, 0.3) is 0 Å². The van der Waals surface area contributed by atoms with Gasteiger partial charge in [-0.25, -0.2) is 4.79 Å². The number of rotatable bonds is 13. The molecule has 9 N–H and O–H groups in total. The highest BCUT2D eigenvalue weighted by Crippen LogP contribution is 2.37. The van der Waals surface area contributed by atoms with Crippen molar-refractivity contribution >= 4 is 17.8 Å². The lowest BCUT2D eigenvalue weighted by Crippen LogP contribution is -2.55. The molecular formula is C27H42N4O9S. The van der Waals surface area contributed by atoms with Crippen LogP contribution in [0, 0.1) is 6.92 Å². The van der Waals surface area contributed by atoms with Gasteiger partial charge in [-0.1, -0.05) is 19.9 Å². The number of nitrogens with one attached hydrogen (secondary N) is 3. The van der Waals surface area contributed by atoms with Crippen LogP contribution in [-0.4, -0.2) is 114 Å². The van der Waals surface area contributed by atoms with Crippen LogP contribution < -0.4 is 20.1 Å². The number of aromatic nitrogens is 2. The third kappa shape index (κ3) is 8.25. The minimum absolute atomic E-state index is 0.0941. The molecule has 2 heterocycles. The van der Waals surface area contributed by atoms with E-state index in [1.807, 2.05) is 39.0 Å². The van der Waals surface area contributed by atoms with Gasteiger partial charge in [-0.05, 0) is 43.0 Å². The van der Waals surface area contributed by atoms with Gasteiger partial charge >= 0.3 is 6.03 Å². The van der Waals surface area contributed by atoms with Crippen molar-refractivity contribution in [2.45, 2.75) is 74.6 Å². The zero-order valence-electron chi connectivity index (χ0n) is 23.7. The van der Waals surface area contributed by atoms with Gasteiger partial charge in [-0.2, -0.15) is 0 Å². The van der Waals surface area contributed by atoms with E-state index in [4.69, 9.17) is 9.47 Å². The highest BCUT2D eigenvalue weighted by atomic mass is 32.2. The molecule has 1 aliphatic rings. The van der Waals surface area contributed by atoms with Crippen molar-refractivity contribution in [2.24, 2.45) is 0 Å². The molecule has 14 heteroatoms. The van der Waals surface area contributed by atoms with Gasteiger partial charge < -0.3 is 50.7 Å². The first kappa shape index (κ1) is 32.9. The van der Waals surface area contributed by atoms with Gasteiger partial charge in [0, 0.05) is 17.7 Å². The molecule has 1 saturated heterocycles. The van der Waals surface area contributed by atoms with Crippen LogP contribution in [0.3, 0.4) is 0 Å². The van der Waals surface area contributed by atoms with E-state index in [0.717, 1.165) is 34.1 Å². The number of aromatic amines is 1. The van der Waals surface area contributed by atoms with E-state index in [9.17, 15) is 35.4 Å². The number of aliphatic hydroxyl groups is 6. The fraction of sp³-hybridized carbons (Fsp3) is 0.630. The fourth-order valence-electron chi connectivity index (χ4n) is 4.31. The summed E-state index contributed by atoms with van der Waals surface area (Å²) in [5.41, 5.74) is 1.52. The molecule has 3 rings (SSSR count). The first-order valence-electron chi connectivity index (χ1n) is 13.5. The normalized spacial score (nSPS) is 23.0. The minimum Gasteiger partial charge on any atom is -0.492 e. The zero-order chi connectivity index (χ0) is 30.3. The Balaban J connectivity index is 1.65. The molecule has 1 aliphatic heterocycles. The molecule has 0 saturated carbocycles. The molecule has 41 heavy (non-hydrogen) atoms. The summed E-state index contributed by atoms with van der Waals surface area (Å²) in [5, 5.41) is 70.8. The molecule has 1 aromatic carbocycles. The number of aliphatic hydroxyl groups excluding tert-OH is 6. The van der Waals surface area contributed by atoms with Gasteiger partial charge in [0.25, 0.3) is 0 Å². The second kappa shape index (κ2) is 14.5. The summed E-state index contributed by atoms with van der Waals surface area (Å²) in [6.45, 7) is 6.72. The lowest BCUT2D eigenvalue weighted by Gasteiger charge is -2.38. The van der Waals surface area contributed by atoms with E-state index in [-0.39, 0.29) is 31.6 Å². The maximum Gasteiger partial charge on any atom is 0.315 e. The fourth-order valence-corrected chi connectivity index (χ4v) is 5.53. The second-order valence-electron chi connectivity index (χ2n) is 10.8. The number of nitrogens with zero attached hydrogens (tertiary/aromatic N) is 1. The largest absolute Gasteiger partial charge is 0.492 e. The number of carbonyl (C=O) groups excluding carboxylic acids is 1. The third-order valence-corrected chi connectivity index (χ3v) is 8.39. The zero-order valence-corrected chi connectivity index (χ0v) is 24.5. The van der Waals surface area contributed by atoms with E-state index in [0.29, 0.717) is 12.2 Å². The maximum absolute atomic E-state index is 12.0. The summed E-state index contributed by atoms with van der Waals surface area (Å²) in [6.07, 6.45) is -3.66. The van der Waals surface area contributed by atoms with Gasteiger partial charge in [-0.3, -0.25) is 5.10 Å². The van der Waals surface area contributed by atoms with Crippen molar-refractivity contribution in [2.75, 3.05) is 33.0 Å². The van der Waals surface area contributed by atoms with Crippen molar-refractivity contribution in [3.63, 3.8) is 0 Å². The molecule has 2 aromatic rings. The Labute approximate surface area is 243 Å². The Bertz CT molecular complexity index is 1140. The summed E-state index contributed by atoms with van der Waals surface area (Å²) in [6, 6.07) is 5.09. The number of H-pyrrole nitrogens is 1. The van der Waals surface area contributed by atoms with E-state index >= 15 is 0 Å². The predicted octanol–water partition coefficient (Wildman–Crippen LogP) is -0.251. The smallest absolute Gasteiger partial charge is 0.315 e. The predicted molar refractivity (Wildman–Crippen MR) is 152 cm³/mol. The molecule has 0 spiro atoms. The average Bonchev–Trinajstić information content (AvgIpc) is 3.34. The van der Waals surface area contributed by atoms with Crippen LogP contribution in [0.15, 0.2) is 18.2 Å². The average molecular weight is 599 g/mol. The van der Waals surface area contributed by atoms with Gasteiger partial charge in [0.1, 0.15) is 24.6 Å². The summed E-state index contributed by atoms with van der Waals surface area (Å²) < 4.78 is 11.8. The van der Waals surface area contributed by atoms with E-state index in [2.05, 4.69) is 20.8 Å². The lowest BCUT2D eigenvalue weighted by atomic mass is 9.97. The van der Waals surface area contributed by atoms with Crippen LogP contribution >= 0.6 is 11.8 Å². The van der Waals surface area contributed by atoms with E-state index in [1.54, 1.807) is 0 Å². The van der Waals surface area contributed by atoms with Crippen LogP contribution in [0.1, 0.15) is 49.1 Å². The minimum atomic E-state index is -1.47. The van der Waals surface area contributed by atoms with E-state index < -0.39 is 53.8 Å². The third-order valence-electron chi connectivity index (χ3n) is 6.97. The molecule has 0 bridgehead atoms. The number of aryl methyl sites for hydroxylation is 1. The maximum atomic E-state index is 12.0. The molecule has 0 radical (unpaired) electrons. The lowest BCUT2D eigenvalue weighted by molar-refractivity contribution is -0.0915. The van der Waals surface area contributed by atoms with Crippen molar-refractivity contribution in [3.8, 4) is 11.6 Å². The number of benzene rings is 1. The Morgan fingerprint density at radius 2 is 1.85 bits per heavy atom. The number of hydrogen-bond acceptors (Lipinski definition) is 11. The van der Waals surface area contributed by atoms with Crippen LogP contribution in [0.5, 0.6) is 11.6 Å². The molecule has 2 amide bonds. The molecule has 230 valence electrons. The van der Waals surface area contributed by atoms with Crippen molar-refractivity contribution < 1.29 is 44.9 Å². The Hall–Kier alpha value is -2.59. The van der Waals surface area contributed by atoms with Crippen molar-refractivity contribution in [3.05, 3.63) is 40.6 Å². The SMILES string of the molecule is Cc1cc(OCCNC(=O)NC(C)(CO)CO)ccc1Cc1c(O[C@@H]2S[C@H](CO)[C@@H](O)[C@H](O)[C@H]2O)n[nH]c1C(C)C. The first-order valence-corrected chi connectivity index (χ1v) is 14.4. The number of thioether (sulfide) groups is 1. The standard InChI is InChI=1S/C27H42N4O9S/c1-14(2)20-18(24(31-30-20)40-25-23(37)22(36)21(35)19(11-32)41-25)10-16-5-6-17(9-15(16)3)39-8-7-28-26(38)29-27(4,12-33)13-34/h5-6,9,14,19,21-23,25,32-37H,7-8,10-13H2,1-4H3,(H,30,31)(H2,28,29,38)/t19-,21-,22+,23-,25-/m1/s1. The summed E-state index contributed by atoms with van der Waals surface area (Å²) in [7, 11) is 0. The second-order valence-corrected chi connectivity index (χ2v) is 12.1. The van der Waals surface area contributed by atoms with Gasteiger partial charge in [0.2, 0.25) is 5.88 Å². The quantitative estimate of drug-likeness (QED) is 0.137. The molecule has 1 fully saturated rings. The molecule has 0 aliphatic carbocycles. The molecule has 5 atom stereocenters. The monoisotopic (exact) mass is 598 g/mol. The Morgan fingerprint density at radius 1 is 1.15 bits per heavy atom. The van der Waals surface area contributed by atoms with Crippen molar-refractivity contribution in [1.29, 1.82) is 0 Å². The van der Waals surface area contributed by atoms with Crippen LogP contribution in [-0.2, 0) is 6.42 Å². The highest BCUT2D eigenvalue weighted by Gasteiger charge is 2.45. The Morgan fingerprint density at radius 3 is 2.46 bits per heavy atom. The molecule has 0 unspecified atom stereocenters. The molecule has 13 nitrogen and oxygen atoms in total. The summed E-state index contributed by atoms with van der Waals surface area (Å²) >= 11 is 1.04. The first-order chi connectivity index (χ1) is 19.4. The van der Waals surface area contributed by atoms with Crippen molar-refractivity contribution in [1.82, 2.24) is 20.8 Å². The van der Waals surface area contributed by atoms with Crippen LogP contribution in [0.2, 0.25) is 0 Å². The number of urea groups is 1. The molecule has 1 aromatic heterocycles. The van der Waals surface area contributed by atoms with Gasteiger partial charge in [0.15, 0.2) is 5.44 Å². The number of carbonyl (C=O) groups is 1. The number of amides is 2. The summed E-state index contributed by atoms with van der Waals surface area (Å²) in [4.78, 5) is 12.0. The van der Waals surface area contributed by atoms with Gasteiger partial charge in [0.05, 0.1) is 43.3 Å². The van der Waals surface area contributed by atoms with Gasteiger partial charge in [-0.15, -0.1) is 16.9 Å². The van der Waals surface area contributed by atoms with Crippen LogP contribution in [0.4, 0.5) is 4.79 Å². The topological polar surface area (TPSA) is 210 Å². The molecular weight excluding hydrogens is 556 g/mol.